The molecule has 1 heterocycles. The average molecular weight is 632 g/mol. The van der Waals surface area contributed by atoms with Crippen LogP contribution in [0.5, 0.6) is 0 Å². The molecular weight excluding hydrogens is 585 g/mol. The summed E-state index contributed by atoms with van der Waals surface area (Å²) in [6.45, 7) is 12.0. The van der Waals surface area contributed by atoms with Crippen molar-refractivity contribution in [3.05, 3.63) is 113 Å². The van der Waals surface area contributed by atoms with E-state index in [1.807, 2.05) is 82.3 Å². The number of anilines is 2. The molecule has 46 heavy (non-hydrogen) atoms. The van der Waals surface area contributed by atoms with E-state index < -0.39 is 24.7 Å². The summed E-state index contributed by atoms with van der Waals surface area (Å²) in [5, 5.41) is 23.8. The molecule has 4 N–H and O–H groups in total. The highest BCUT2D eigenvalue weighted by atomic mass is 19.1. The summed E-state index contributed by atoms with van der Waals surface area (Å²) >= 11 is 0. The number of carbonyl (C=O) groups excluding carboxylic acids is 3. The number of amides is 2. The number of nitrogens with one attached hydrogen (secondary N) is 2. The molecule has 2 amide bonds. The molecule has 0 fully saturated rings. The summed E-state index contributed by atoms with van der Waals surface area (Å²) in [5.41, 5.74) is 6.38. The van der Waals surface area contributed by atoms with E-state index in [0.29, 0.717) is 11.4 Å². The second-order valence-electron chi connectivity index (χ2n) is 10.4. The Morgan fingerprint density at radius 2 is 1.39 bits per heavy atom. The van der Waals surface area contributed by atoms with Crippen molar-refractivity contribution < 1.29 is 29.0 Å². The van der Waals surface area contributed by atoms with Gasteiger partial charge in [0.05, 0.1) is 0 Å². The zero-order valence-corrected chi connectivity index (χ0v) is 27.7. The van der Waals surface area contributed by atoms with Gasteiger partial charge in [0.2, 0.25) is 0 Å². The highest BCUT2D eigenvalue weighted by Gasteiger charge is 2.16. The van der Waals surface area contributed by atoms with Crippen LogP contribution in [0.4, 0.5) is 20.7 Å². The molecule has 8 nitrogen and oxygen atoms in total. The van der Waals surface area contributed by atoms with Gasteiger partial charge in [-0.3, -0.25) is 14.9 Å². The fraction of sp³-hybridized carbons (Fsp3) is 0.297. The molecule has 0 aliphatic heterocycles. The number of pyridine rings is 1. The van der Waals surface area contributed by atoms with Gasteiger partial charge in [0, 0.05) is 35.3 Å². The lowest BCUT2D eigenvalue weighted by Gasteiger charge is -2.12. The molecule has 4 aromatic rings. The zero-order valence-electron chi connectivity index (χ0n) is 27.7. The van der Waals surface area contributed by atoms with E-state index in [1.165, 1.54) is 12.5 Å². The van der Waals surface area contributed by atoms with Crippen molar-refractivity contribution in [2.75, 3.05) is 17.3 Å². The van der Waals surface area contributed by atoms with Crippen molar-refractivity contribution in [1.82, 2.24) is 4.98 Å². The number of hydrogen-bond acceptors (Lipinski definition) is 6. The highest BCUT2D eigenvalue weighted by Crippen LogP contribution is 2.22. The number of benzene rings is 3. The van der Waals surface area contributed by atoms with Crippen LogP contribution in [0.15, 0.2) is 91.1 Å². The Morgan fingerprint density at radius 1 is 0.804 bits per heavy atom. The number of aliphatic hydroxyl groups excluding tert-OH is 1. The predicted octanol–water partition coefficient (Wildman–Crippen LogP) is 8.10. The van der Waals surface area contributed by atoms with Crippen LogP contribution in [0.3, 0.4) is 0 Å². The summed E-state index contributed by atoms with van der Waals surface area (Å²) in [7, 11) is 0. The maximum atomic E-state index is 12.3. The van der Waals surface area contributed by atoms with E-state index in [9.17, 15) is 18.8 Å². The minimum absolute atomic E-state index is 0.0586. The minimum Gasteiger partial charge on any atom is -0.368 e. The van der Waals surface area contributed by atoms with Crippen molar-refractivity contribution >= 4 is 29.1 Å². The number of hydrogen-bond donors (Lipinski definition) is 4. The van der Waals surface area contributed by atoms with E-state index in [1.54, 1.807) is 31.3 Å². The Balaban J connectivity index is 0.000000628. The summed E-state index contributed by atoms with van der Waals surface area (Å²) in [5.74, 6) is -0.674. The first-order valence-corrected chi connectivity index (χ1v) is 15.1. The van der Waals surface area contributed by atoms with Crippen molar-refractivity contribution in [3.63, 3.8) is 0 Å². The molecule has 3 aromatic carbocycles. The van der Waals surface area contributed by atoms with Gasteiger partial charge in [-0.25, -0.2) is 14.2 Å². The Hall–Kier alpha value is -4.73. The Bertz CT molecular complexity index is 1490. The van der Waals surface area contributed by atoms with Gasteiger partial charge in [0.25, 0.3) is 0 Å². The Kier molecular flexibility index (Phi) is 18.0. The molecular formula is C37H46FN3O5. The Morgan fingerprint density at radius 3 is 1.85 bits per heavy atom. The predicted molar refractivity (Wildman–Crippen MR) is 184 cm³/mol. The number of Topliss-reactive ketones (excluding diaryl/α,β-unsaturated/α-hetero) is 2. The second kappa shape index (κ2) is 21.1. The molecule has 246 valence electrons. The lowest BCUT2D eigenvalue weighted by atomic mass is 9.97. The second-order valence-corrected chi connectivity index (χ2v) is 10.4. The molecule has 9 heteroatoms. The molecule has 0 radical (unpaired) electrons. The summed E-state index contributed by atoms with van der Waals surface area (Å²) in [6.07, 6.45) is 0.191. The van der Waals surface area contributed by atoms with Crippen LogP contribution in [0.2, 0.25) is 0 Å². The minimum atomic E-state index is -1.51. The number of urea groups is 1. The van der Waals surface area contributed by atoms with Gasteiger partial charge in [-0.15, -0.1) is 0 Å². The number of carbonyl (C=O) groups is 3. The third-order valence-electron chi connectivity index (χ3n) is 6.32. The summed E-state index contributed by atoms with van der Waals surface area (Å²) in [6, 6.07) is 26.3. The fourth-order valence-electron chi connectivity index (χ4n) is 3.76. The maximum Gasteiger partial charge on any atom is 0.324 e. The van der Waals surface area contributed by atoms with E-state index in [-0.39, 0.29) is 18.2 Å². The molecule has 1 aromatic heterocycles. The van der Waals surface area contributed by atoms with Gasteiger partial charge in [-0.2, -0.15) is 0 Å². The van der Waals surface area contributed by atoms with Gasteiger partial charge in [0.15, 0.2) is 17.9 Å². The topological polar surface area (TPSA) is 129 Å². The van der Waals surface area contributed by atoms with Crippen molar-refractivity contribution in [1.29, 1.82) is 0 Å². The molecule has 0 aliphatic carbocycles. The first-order chi connectivity index (χ1) is 21.9. The van der Waals surface area contributed by atoms with Crippen molar-refractivity contribution in [3.8, 4) is 11.1 Å². The monoisotopic (exact) mass is 631 g/mol. The van der Waals surface area contributed by atoms with Crippen LogP contribution in [-0.2, 0) is 4.79 Å². The molecule has 1 unspecified atom stereocenters. The summed E-state index contributed by atoms with van der Waals surface area (Å²) < 4.78 is 10.8. The maximum absolute atomic E-state index is 12.3. The number of nitrogens with zero attached hydrogens (tertiary/aromatic N) is 1. The molecule has 0 saturated carbocycles. The SMILES string of the molecule is CC.CC(=O)CF.Cc1ccc(NC(=O)Nc2ccc(-c3ccc(C(=O)CC(C)C(O)O)cc3)cn2)c(C)c1.Cc1ccccc1. The van der Waals surface area contributed by atoms with Gasteiger partial charge in [-0.1, -0.05) is 98.6 Å². The normalized spacial score (nSPS) is 10.5. The largest absolute Gasteiger partial charge is 0.368 e. The first-order valence-electron chi connectivity index (χ1n) is 15.1. The molecule has 4 rings (SSSR count). The smallest absolute Gasteiger partial charge is 0.324 e. The molecule has 1 atom stereocenters. The zero-order chi connectivity index (χ0) is 34.6. The van der Waals surface area contributed by atoms with Crippen LogP contribution in [0.1, 0.15) is 61.2 Å². The standard InChI is InChI=1S/C25H27N3O4.C7H8.C3H5FO.C2H6/c1-15-4-10-21(16(2)12-15)27-25(32)28-23-11-9-20(14-26-23)18-5-7-19(8-6-18)22(29)13-17(3)24(30)31;1-7-5-3-2-4-6-7;1-3(5)2-4;1-2/h4-12,14,17,24,30-31H,13H2,1-3H3,(H2,26,27,28,32);2-6H,1H3;2H2,1H3;1-2H3. The Labute approximate surface area is 271 Å². The van der Waals surface area contributed by atoms with Crippen LogP contribution < -0.4 is 10.6 Å². The molecule has 0 aliphatic rings. The van der Waals surface area contributed by atoms with Gasteiger partial charge in [0.1, 0.15) is 12.5 Å². The lowest BCUT2D eigenvalue weighted by Crippen LogP contribution is -2.20. The average Bonchev–Trinajstić information content (AvgIpc) is 3.04. The quantitative estimate of drug-likeness (QED) is 0.115. The van der Waals surface area contributed by atoms with E-state index in [2.05, 4.69) is 34.7 Å². The number of aryl methyl sites for hydroxylation is 3. The van der Waals surface area contributed by atoms with Crippen LogP contribution >= 0.6 is 0 Å². The van der Waals surface area contributed by atoms with E-state index in [4.69, 9.17) is 10.2 Å². The van der Waals surface area contributed by atoms with E-state index >= 15 is 0 Å². The van der Waals surface area contributed by atoms with Gasteiger partial charge < -0.3 is 15.5 Å². The van der Waals surface area contributed by atoms with Gasteiger partial charge >= 0.3 is 6.03 Å². The van der Waals surface area contributed by atoms with Crippen molar-refractivity contribution in [2.24, 2.45) is 5.92 Å². The van der Waals surface area contributed by atoms with Crippen LogP contribution in [-0.4, -0.2) is 45.8 Å². The van der Waals surface area contributed by atoms with E-state index in [0.717, 1.165) is 27.9 Å². The van der Waals surface area contributed by atoms with Crippen molar-refractivity contribution in [2.45, 2.75) is 61.2 Å². The molecule has 0 saturated heterocycles. The molecule has 0 spiro atoms. The van der Waals surface area contributed by atoms with Crippen LogP contribution in [0.25, 0.3) is 11.1 Å². The fourth-order valence-corrected chi connectivity index (χ4v) is 3.76. The summed E-state index contributed by atoms with van der Waals surface area (Å²) in [4.78, 5) is 38.2. The van der Waals surface area contributed by atoms with Gasteiger partial charge in [-0.05, 0) is 57.0 Å². The number of aromatic nitrogens is 1. The third kappa shape index (κ3) is 14.8. The first kappa shape index (κ1) is 39.3. The number of alkyl halides is 1. The third-order valence-corrected chi connectivity index (χ3v) is 6.32. The number of rotatable bonds is 8. The lowest BCUT2D eigenvalue weighted by molar-refractivity contribution is -0.117. The number of aliphatic hydroxyl groups is 2. The number of ketones is 2. The molecule has 0 bridgehead atoms. The van der Waals surface area contributed by atoms with Crippen LogP contribution in [0, 0.1) is 26.7 Å². The highest BCUT2D eigenvalue weighted by molar-refractivity contribution is 5.99. The number of halogens is 1.